The van der Waals surface area contributed by atoms with E-state index in [4.69, 9.17) is 10.5 Å². The van der Waals surface area contributed by atoms with E-state index < -0.39 is 17.6 Å². The minimum atomic E-state index is -0.700. The molecular formula is C13H14N2O3. The molecule has 0 bridgehead atoms. The lowest BCUT2D eigenvalue weighted by Gasteiger charge is -2.32. The van der Waals surface area contributed by atoms with Crippen molar-refractivity contribution >= 4 is 23.8 Å². The van der Waals surface area contributed by atoms with Crippen molar-refractivity contribution < 1.29 is 14.3 Å². The molecule has 0 spiro atoms. The number of carbonyl (C=O) groups is 2. The fraction of sp³-hybridized carbons (Fsp3) is 0.231. The molecule has 0 fully saturated rings. The van der Waals surface area contributed by atoms with Crippen molar-refractivity contribution in [3.8, 4) is 0 Å². The number of amides is 2. The second kappa shape index (κ2) is 4.18. The lowest BCUT2D eigenvalue weighted by atomic mass is 9.93. The Balaban J connectivity index is 2.42. The fourth-order valence-electron chi connectivity index (χ4n) is 1.87. The summed E-state index contributed by atoms with van der Waals surface area (Å²) in [6, 6.07) is 5.42. The topological polar surface area (TPSA) is 81.4 Å². The van der Waals surface area contributed by atoms with Gasteiger partial charge in [-0.3, -0.25) is 10.1 Å². The van der Waals surface area contributed by atoms with Crippen LogP contribution < -0.4 is 11.1 Å². The Morgan fingerprint density at radius 3 is 2.83 bits per heavy atom. The normalized spacial score (nSPS) is 16.9. The van der Waals surface area contributed by atoms with Gasteiger partial charge in [0, 0.05) is 11.6 Å². The first-order chi connectivity index (χ1) is 8.38. The summed E-state index contributed by atoms with van der Waals surface area (Å²) in [5.74, 6) is -0.503. The third-order valence-electron chi connectivity index (χ3n) is 2.72. The van der Waals surface area contributed by atoms with Gasteiger partial charge in [0.1, 0.15) is 5.60 Å². The number of anilines is 1. The zero-order valence-electron chi connectivity index (χ0n) is 10.2. The third kappa shape index (κ3) is 2.34. The van der Waals surface area contributed by atoms with Crippen LogP contribution in [0.4, 0.5) is 10.5 Å². The van der Waals surface area contributed by atoms with Gasteiger partial charge in [-0.1, -0.05) is 6.07 Å². The van der Waals surface area contributed by atoms with Crippen LogP contribution in [0.25, 0.3) is 6.08 Å². The predicted molar refractivity (Wildman–Crippen MR) is 67.8 cm³/mol. The first-order valence-corrected chi connectivity index (χ1v) is 5.50. The molecule has 1 aromatic carbocycles. The maximum Gasteiger partial charge on any atom is 0.412 e. The standard InChI is InChI=1S/C13H14N2O3/c1-13(2)9-7-8(4-6-11(14)16)3-5-10(9)15-12(17)18-13/h3-7H,1-2H3,(H2,14,16)(H,15,17). The molecule has 2 rings (SSSR count). The van der Waals surface area contributed by atoms with Crippen molar-refractivity contribution in [3.05, 3.63) is 35.4 Å². The first-order valence-electron chi connectivity index (χ1n) is 5.50. The van der Waals surface area contributed by atoms with Gasteiger partial charge in [-0.15, -0.1) is 0 Å². The fourth-order valence-corrected chi connectivity index (χ4v) is 1.87. The maximum atomic E-state index is 11.3. The van der Waals surface area contributed by atoms with Crippen molar-refractivity contribution in [3.63, 3.8) is 0 Å². The van der Waals surface area contributed by atoms with Crippen molar-refractivity contribution in [2.24, 2.45) is 5.73 Å². The summed E-state index contributed by atoms with van der Waals surface area (Å²) in [5.41, 5.74) is 6.73. The van der Waals surface area contributed by atoms with Gasteiger partial charge >= 0.3 is 6.09 Å². The molecule has 0 aliphatic carbocycles. The predicted octanol–water partition coefficient (Wildman–Crippen LogP) is 1.98. The summed E-state index contributed by atoms with van der Waals surface area (Å²) in [7, 11) is 0. The van der Waals surface area contributed by atoms with Gasteiger partial charge in [0.15, 0.2) is 0 Å². The summed E-state index contributed by atoms with van der Waals surface area (Å²) < 4.78 is 5.21. The maximum absolute atomic E-state index is 11.3. The van der Waals surface area contributed by atoms with Gasteiger partial charge < -0.3 is 10.5 Å². The SMILES string of the molecule is CC1(C)OC(=O)Nc2ccc(C=CC(N)=O)cc21. The second-order valence-electron chi connectivity index (χ2n) is 4.57. The van der Waals surface area contributed by atoms with Crippen LogP contribution in [0.5, 0.6) is 0 Å². The number of hydrogen-bond donors (Lipinski definition) is 2. The minimum absolute atomic E-state index is 0.465. The Morgan fingerprint density at radius 1 is 1.44 bits per heavy atom. The third-order valence-corrected chi connectivity index (χ3v) is 2.72. The van der Waals surface area contributed by atoms with E-state index in [9.17, 15) is 9.59 Å². The molecule has 1 heterocycles. The van der Waals surface area contributed by atoms with Crippen LogP contribution in [0.15, 0.2) is 24.3 Å². The molecule has 0 unspecified atom stereocenters. The van der Waals surface area contributed by atoms with Crippen LogP contribution >= 0.6 is 0 Å². The number of nitrogens with two attached hydrogens (primary N) is 1. The molecule has 0 radical (unpaired) electrons. The van der Waals surface area contributed by atoms with Crippen LogP contribution in [0.3, 0.4) is 0 Å². The molecule has 1 aliphatic heterocycles. The highest BCUT2D eigenvalue weighted by Gasteiger charge is 2.33. The molecule has 5 heteroatoms. The summed E-state index contributed by atoms with van der Waals surface area (Å²) in [6.45, 7) is 3.62. The van der Waals surface area contributed by atoms with Gasteiger partial charge in [-0.05, 0) is 37.6 Å². The number of nitrogens with one attached hydrogen (secondary N) is 1. The number of cyclic esters (lactones) is 1. The number of fused-ring (bicyclic) bond motifs is 1. The molecule has 5 nitrogen and oxygen atoms in total. The highest BCUT2D eigenvalue weighted by atomic mass is 16.6. The Kier molecular flexibility index (Phi) is 2.82. The molecule has 1 aromatic rings. The highest BCUT2D eigenvalue weighted by Crippen LogP contribution is 2.36. The number of ether oxygens (including phenoxy) is 1. The van der Waals surface area contributed by atoms with Crippen molar-refractivity contribution in [2.45, 2.75) is 19.4 Å². The zero-order valence-corrected chi connectivity index (χ0v) is 10.2. The highest BCUT2D eigenvalue weighted by molar-refractivity contribution is 5.91. The molecule has 18 heavy (non-hydrogen) atoms. The summed E-state index contributed by atoms with van der Waals surface area (Å²) in [6.07, 6.45) is 2.44. The van der Waals surface area contributed by atoms with Crippen LogP contribution in [0.1, 0.15) is 25.0 Å². The number of hydrogen-bond acceptors (Lipinski definition) is 3. The van der Waals surface area contributed by atoms with Gasteiger partial charge in [-0.2, -0.15) is 0 Å². The lowest BCUT2D eigenvalue weighted by molar-refractivity contribution is -0.113. The van der Waals surface area contributed by atoms with E-state index in [-0.39, 0.29) is 0 Å². The van der Waals surface area contributed by atoms with Gasteiger partial charge in [-0.25, -0.2) is 4.79 Å². The quantitative estimate of drug-likeness (QED) is 0.783. The Bertz CT molecular complexity index is 547. The molecule has 1 aliphatic rings. The smallest absolute Gasteiger partial charge is 0.412 e. The van der Waals surface area contributed by atoms with Crippen molar-refractivity contribution in [1.82, 2.24) is 0 Å². The number of benzene rings is 1. The number of primary amides is 1. The molecular weight excluding hydrogens is 232 g/mol. The van der Waals surface area contributed by atoms with E-state index in [0.717, 1.165) is 11.1 Å². The number of carbonyl (C=O) groups excluding carboxylic acids is 2. The van der Waals surface area contributed by atoms with Crippen molar-refractivity contribution in [1.29, 1.82) is 0 Å². The molecule has 2 amide bonds. The van der Waals surface area contributed by atoms with Crippen molar-refractivity contribution in [2.75, 3.05) is 5.32 Å². The average molecular weight is 246 g/mol. The Labute approximate surface area is 105 Å². The zero-order chi connectivity index (χ0) is 13.3. The summed E-state index contributed by atoms with van der Waals surface area (Å²) in [5, 5.41) is 2.63. The molecule has 0 aromatic heterocycles. The Hall–Kier alpha value is -2.30. The molecule has 0 saturated heterocycles. The molecule has 0 saturated carbocycles. The van der Waals surface area contributed by atoms with Gasteiger partial charge in [0.2, 0.25) is 5.91 Å². The van der Waals surface area contributed by atoms with E-state index in [1.807, 2.05) is 19.9 Å². The number of rotatable bonds is 2. The average Bonchev–Trinajstić information content (AvgIpc) is 2.25. The molecule has 94 valence electrons. The van der Waals surface area contributed by atoms with Crippen LogP contribution in [0, 0.1) is 0 Å². The van der Waals surface area contributed by atoms with Gasteiger partial charge in [0.05, 0.1) is 5.69 Å². The Morgan fingerprint density at radius 2 is 2.17 bits per heavy atom. The lowest BCUT2D eigenvalue weighted by Crippen LogP contribution is -2.34. The summed E-state index contributed by atoms with van der Waals surface area (Å²) >= 11 is 0. The van der Waals surface area contributed by atoms with E-state index in [2.05, 4.69) is 5.32 Å². The van der Waals surface area contributed by atoms with E-state index in [1.54, 1.807) is 18.2 Å². The molecule has 0 atom stereocenters. The molecule has 3 N–H and O–H groups in total. The van der Waals surface area contributed by atoms with Crippen LogP contribution in [-0.2, 0) is 15.1 Å². The monoisotopic (exact) mass is 246 g/mol. The van der Waals surface area contributed by atoms with Crippen LogP contribution in [0.2, 0.25) is 0 Å². The van der Waals surface area contributed by atoms with E-state index in [0.29, 0.717) is 5.69 Å². The van der Waals surface area contributed by atoms with E-state index >= 15 is 0 Å². The van der Waals surface area contributed by atoms with Gasteiger partial charge in [0.25, 0.3) is 0 Å². The second-order valence-corrected chi connectivity index (χ2v) is 4.57. The summed E-state index contributed by atoms with van der Waals surface area (Å²) in [4.78, 5) is 22.0. The largest absolute Gasteiger partial charge is 0.438 e. The van der Waals surface area contributed by atoms with Crippen LogP contribution in [-0.4, -0.2) is 12.0 Å². The minimum Gasteiger partial charge on any atom is -0.438 e. The van der Waals surface area contributed by atoms with E-state index in [1.165, 1.54) is 6.08 Å². The first kappa shape index (κ1) is 12.2.